The minimum absolute atomic E-state index is 0.114. The van der Waals surface area contributed by atoms with E-state index in [0.717, 1.165) is 77.3 Å². The third-order valence-corrected chi connectivity index (χ3v) is 24.0. The summed E-state index contributed by atoms with van der Waals surface area (Å²) in [5.41, 5.74) is 0. The van der Waals surface area contributed by atoms with E-state index in [4.69, 9.17) is 13.3 Å². The number of aliphatic hydroxyl groups excluding tert-OH is 3. The minimum Gasteiger partial charge on any atom is -0.392 e. The zero-order valence-corrected chi connectivity index (χ0v) is 58.9. The fourth-order valence-corrected chi connectivity index (χ4v) is 18.9. The molecule has 6 unspecified atom stereocenters. The maximum atomic E-state index is 13.2. The fourth-order valence-electron chi connectivity index (χ4n) is 12.3. The molecular formula is C55H116N7O21S5Si+. The second-order valence-corrected chi connectivity index (χ2v) is 35.7. The van der Waals surface area contributed by atoms with Crippen molar-refractivity contribution in [3.63, 3.8) is 0 Å². The van der Waals surface area contributed by atoms with Crippen molar-refractivity contribution in [1.29, 1.82) is 0 Å². The molecule has 0 aromatic heterocycles. The number of quaternary nitrogens is 1. The molecule has 0 radical (unpaired) electrons. The van der Waals surface area contributed by atoms with Crippen LogP contribution in [0, 0.1) is 0 Å². The van der Waals surface area contributed by atoms with Crippen LogP contribution in [-0.2, 0) is 63.9 Å². The molecule has 0 aromatic rings. The van der Waals surface area contributed by atoms with Crippen LogP contribution in [-0.4, -0.2) is 333 Å². The Morgan fingerprint density at radius 2 is 0.584 bits per heavy atom. The van der Waals surface area contributed by atoms with E-state index in [9.17, 15) is 80.2 Å². The molecule has 0 saturated carbocycles. The average molecular weight is 1400 g/mol. The van der Waals surface area contributed by atoms with Gasteiger partial charge in [-0.1, -0.05) is 97.8 Å². The number of hydrogen-bond acceptors (Lipinski definition) is 22. The fraction of sp³-hybridized carbons (Fsp3) is 1.00. The van der Waals surface area contributed by atoms with Crippen LogP contribution in [0.4, 0.5) is 0 Å². The van der Waals surface area contributed by atoms with Crippen molar-refractivity contribution in [3.05, 3.63) is 0 Å². The predicted octanol–water partition coefficient (Wildman–Crippen LogP) is 1.98. The molecular weight excluding hydrogens is 1280 g/mol. The van der Waals surface area contributed by atoms with Crippen molar-refractivity contribution < 1.29 is 97.9 Å². The summed E-state index contributed by atoms with van der Waals surface area (Å²) in [5, 5.41) is 31.3. The van der Waals surface area contributed by atoms with Gasteiger partial charge < -0.3 is 33.1 Å². The van der Waals surface area contributed by atoms with Crippen molar-refractivity contribution in [2.45, 2.75) is 179 Å². The largest absolute Gasteiger partial charge is 0.502 e. The van der Waals surface area contributed by atoms with E-state index in [1.807, 2.05) is 11.8 Å². The van der Waals surface area contributed by atoms with Crippen LogP contribution in [0.2, 0.25) is 6.04 Å². The quantitative estimate of drug-likeness (QED) is 0.0187. The van der Waals surface area contributed by atoms with Crippen molar-refractivity contribution in [1.82, 2.24) is 29.4 Å². The molecule has 0 amide bonds. The molecule has 0 bridgehead atoms. The Hall–Kier alpha value is -0.753. The van der Waals surface area contributed by atoms with Crippen LogP contribution in [0.15, 0.2) is 0 Å². The Bertz CT molecular complexity index is 2390. The normalized spacial score (nSPS) is 20.3. The molecule has 0 aromatic carbocycles. The first kappa shape index (κ1) is 82.5. The third-order valence-electron chi connectivity index (χ3n) is 17.0. The lowest BCUT2D eigenvalue weighted by atomic mass is 10.1. The third kappa shape index (κ3) is 40.4. The zero-order valence-electron chi connectivity index (χ0n) is 53.8. The summed E-state index contributed by atoms with van der Waals surface area (Å²) in [6, 6.07) is -0.164. The number of rotatable bonds is 51. The maximum absolute atomic E-state index is 13.2. The second-order valence-electron chi connectivity index (χ2n) is 25.7. The maximum Gasteiger partial charge on any atom is 0.502 e. The first-order valence-corrected chi connectivity index (χ1v) is 42.6. The molecule has 3 rings (SSSR count). The summed E-state index contributed by atoms with van der Waals surface area (Å²) in [6.07, 6.45) is 10.6. The summed E-state index contributed by atoms with van der Waals surface area (Å²) in [7, 11) is -26.5. The molecule has 3 aliphatic heterocycles. The molecule has 28 nitrogen and oxygen atoms in total. The molecule has 3 heterocycles. The Balaban J connectivity index is 2.22. The van der Waals surface area contributed by atoms with Gasteiger partial charge in [-0.15, -0.1) is 0 Å². The molecule has 530 valence electrons. The lowest BCUT2D eigenvalue weighted by molar-refractivity contribution is -0.910. The molecule has 0 aliphatic carbocycles. The first-order chi connectivity index (χ1) is 41.6. The lowest BCUT2D eigenvalue weighted by Crippen LogP contribution is -2.61. The van der Waals surface area contributed by atoms with Gasteiger partial charge in [-0.25, -0.2) is 0 Å². The van der Waals surface area contributed by atoms with Crippen molar-refractivity contribution in [2.24, 2.45) is 0 Å². The van der Waals surface area contributed by atoms with Gasteiger partial charge in [0.15, 0.2) is 0 Å². The highest BCUT2D eigenvalue weighted by molar-refractivity contribution is 7.86. The molecule has 8 N–H and O–H groups in total. The van der Waals surface area contributed by atoms with Gasteiger partial charge in [-0.2, -0.15) is 42.1 Å². The number of β-amino-alcohol motifs (C(OH)–C–C–N with tert-alkyl or cyclic N) is 3. The number of hydrogen-bond donors (Lipinski definition) is 8. The Labute approximate surface area is 536 Å². The van der Waals surface area contributed by atoms with Crippen LogP contribution in [0.5, 0.6) is 0 Å². The average Bonchev–Trinajstić information content (AvgIpc) is 1.49. The Kier molecular flexibility index (Phi) is 38.3. The number of unbranched alkanes of at least 4 members (excludes halogenated alkanes) is 14. The van der Waals surface area contributed by atoms with E-state index in [1.54, 1.807) is 19.6 Å². The molecule has 89 heavy (non-hydrogen) atoms. The summed E-state index contributed by atoms with van der Waals surface area (Å²) in [4.78, 5) is 11.1. The number of nitrogens with zero attached hydrogens (tertiary/aromatic N) is 7. The summed E-state index contributed by atoms with van der Waals surface area (Å²) < 4.78 is 198. The molecule has 3 aliphatic rings. The highest BCUT2D eigenvalue weighted by Crippen LogP contribution is 2.29. The highest BCUT2D eigenvalue weighted by Gasteiger charge is 2.50. The van der Waals surface area contributed by atoms with Gasteiger partial charge in [-0.3, -0.25) is 52.2 Å². The van der Waals surface area contributed by atoms with Gasteiger partial charge in [0.25, 0.3) is 50.6 Å². The standard InChI is InChI=1S/C55H115N7O21S5Si/c1-5-8-10-12-14-16-18-20-35-62(4,36-21-19-17-15-13-11-9-6-2)37-22-38-89(81-53(47-86(72,73)74)42-59-29-23-56(24-30-59)39-50(63)7-3,82-54(48-87(75,76)77)43-60-31-25-57(26-32-60)40-51(64)45-84(66,67)68)83-55(49-88(78,79)80)44-61-33-27-58(28-34-61)41-52(65)46-85(69,70)71/h50-55,63-65H,5-49H2,1-4H3,(H4-,66,67,68,69,70,71,72,73,74,75,76,77,78,79,80)/p+1. The smallest absolute Gasteiger partial charge is 0.392 e. The summed E-state index contributed by atoms with van der Waals surface area (Å²) in [5.74, 6) is -4.88. The number of piperazine rings is 3. The van der Waals surface area contributed by atoms with Gasteiger partial charge >= 0.3 is 8.80 Å². The van der Waals surface area contributed by atoms with E-state index >= 15 is 0 Å². The Morgan fingerprint density at radius 3 is 0.843 bits per heavy atom. The number of aliphatic hydroxyl groups is 3. The van der Waals surface area contributed by atoms with Crippen LogP contribution in [0.3, 0.4) is 0 Å². The molecule has 34 heteroatoms. The lowest BCUT2D eigenvalue weighted by Gasteiger charge is -2.43. The SMILES string of the molecule is CCCCCCCCCC[N+](C)(CCCCCCCCCC)CCC[Si](OC(CN1CCN(CC(O)CC)CC1)CS(=O)(=O)O)(OC(CN1CCN(CC(O)CS(=O)(=O)O)CC1)CS(=O)(=O)O)OC(CN1CCN(CC(O)CS(=O)(=O)O)CC1)CS(=O)(=O)O. The second kappa shape index (κ2) is 41.4. The summed E-state index contributed by atoms with van der Waals surface area (Å²) in [6.45, 7) is 11.4. The van der Waals surface area contributed by atoms with Crippen LogP contribution in [0.1, 0.15) is 136 Å². The minimum atomic E-state index is -4.93. The topological polar surface area (TPSA) is 380 Å². The molecule has 6 atom stereocenters. The van der Waals surface area contributed by atoms with E-state index in [2.05, 4.69) is 25.8 Å². The van der Waals surface area contributed by atoms with Crippen LogP contribution >= 0.6 is 0 Å². The van der Waals surface area contributed by atoms with Gasteiger partial charge in [-0.05, 0) is 32.1 Å². The molecule has 3 fully saturated rings. The highest BCUT2D eigenvalue weighted by atomic mass is 32.2. The van der Waals surface area contributed by atoms with Crippen LogP contribution in [0.25, 0.3) is 0 Å². The van der Waals surface area contributed by atoms with E-state index in [-0.39, 0.29) is 97.5 Å². The summed E-state index contributed by atoms with van der Waals surface area (Å²) >= 11 is 0. The molecule has 3 saturated heterocycles. The first-order valence-electron chi connectivity index (χ1n) is 32.6. The van der Waals surface area contributed by atoms with Gasteiger partial charge in [0.2, 0.25) is 0 Å². The van der Waals surface area contributed by atoms with Gasteiger partial charge in [0, 0.05) is 130 Å². The van der Waals surface area contributed by atoms with Gasteiger partial charge in [0.05, 0.1) is 63.3 Å². The van der Waals surface area contributed by atoms with Crippen molar-refractivity contribution >= 4 is 59.4 Å². The van der Waals surface area contributed by atoms with E-state index < -0.39 is 125 Å². The van der Waals surface area contributed by atoms with E-state index in [1.165, 1.54) is 38.5 Å². The van der Waals surface area contributed by atoms with Crippen LogP contribution < -0.4 is 0 Å². The molecule has 0 spiro atoms. The monoisotopic (exact) mass is 1400 g/mol. The van der Waals surface area contributed by atoms with Gasteiger partial charge in [0.1, 0.15) is 28.8 Å². The van der Waals surface area contributed by atoms with E-state index in [0.29, 0.717) is 50.2 Å². The predicted molar refractivity (Wildman–Crippen MR) is 345 cm³/mol. The zero-order chi connectivity index (χ0) is 66.4. The van der Waals surface area contributed by atoms with Crippen molar-refractivity contribution in [3.8, 4) is 0 Å². The van der Waals surface area contributed by atoms with Crippen molar-refractivity contribution in [2.75, 3.05) is 173 Å². The Morgan fingerprint density at radius 1 is 0.348 bits per heavy atom.